The summed E-state index contributed by atoms with van der Waals surface area (Å²) in [5.41, 5.74) is 1.92. The number of carbonyl (C=O) groups is 1. The molecule has 3 unspecified atom stereocenters. The van der Waals surface area contributed by atoms with Crippen LogP contribution in [0, 0.1) is 0 Å². The van der Waals surface area contributed by atoms with Crippen LogP contribution in [0.2, 0.25) is 0 Å². The molecule has 0 amide bonds. The van der Waals surface area contributed by atoms with E-state index < -0.39 is 6.23 Å². The Morgan fingerprint density at radius 1 is 0.966 bits per heavy atom. The van der Waals surface area contributed by atoms with E-state index in [9.17, 15) is 4.79 Å². The first kappa shape index (κ1) is 19.4. The van der Waals surface area contributed by atoms with Gasteiger partial charge >= 0.3 is 0 Å². The Morgan fingerprint density at radius 3 is 2.31 bits per heavy atom. The third kappa shape index (κ3) is 3.59. The predicted octanol–water partition coefficient (Wildman–Crippen LogP) is 4.34. The van der Waals surface area contributed by atoms with Crippen molar-refractivity contribution in [1.29, 1.82) is 0 Å². The van der Waals surface area contributed by atoms with Crippen LogP contribution in [0.5, 0.6) is 11.5 Å². The van der Waals surface area contributed by atoms with Crippen LogP contribution in [0.25, 0.3) is 10.8 Å². The molecule has 1 aliphatic rings. The van der Waals surface area contributed by atoms with Crippen molar-refractivity contribution < 1.29 is 19.0 Å². The highest BCUT2D eigenvalue weighted by molar-refractivity contribution is 5.83. The molecule has 0 spiro atoms. The van der Waals surface area contributed by atoms with Crippen LogP contribution in [0.4, 0.5) is 0 Å². The number of aldehydes is 1. The van der Waals surface area contributed by atoms with Gasteiger partial charge in [-0.25, -0.2) is 0 Å². The molecular weight excluding hydrogens is 366 g/mol. The third-order valence-electron chi connectivity index (χ3n) is 5.54. The van der Waals surface area contributed by atoms with Gasteiger partial charge in [0.1, 0.15) is 24.0 Å². The Morgan fingerprint density at radius 2 is 1.66 bits per heavy atom. The van der Waals surface area contributed by atoms with Crippen molar-refractivity contribution in [3.8, 4) is 11.5 Å². The molecule has 0 radical (unpaired) electrons. The number of fused-ring (bicyclic) bond motifs is 1. The van der Waals surface area contributed by atoms with Crippen molar-refractivity contribution >= 4 is 17.1 Å². The average molecular weight is 391 g/mol. The zero-order valence-corrected chi connectivity index (χ0v) is 16.9. The first-order valence-corrected chi connectivity index (χ1v) is 9.71. The normalized spacial score (nSPS) is 22.0. The smallest absolute Gasteiger partial charge is 0.145 e. The fourth-order valence-electron chi connectivity index (χ4n) is 4.07. The van der Waals surface area contributed by atoms with E-state index in [2.05, 4.69) is 35.2 Å². The van der Waals surface area contributed by atoms with E-state index >= 15 is 0 Å². The summed E-state index contributed by atoms with van der Waals surface area (Å²) < 4.78 is 17.4. The molecule has 0 N–H and O–H groups in total. The second kappa shape index (κ2) is 8.23. The Kier molecular flexibility index (Phi) is 5.51. The number of methoxy groups -OCH3 is 2. The van der Waals surface area contributed by atoms with Crippen molar-refractivity contribution in [2.24, 2.45) is 0 Å². The molecule has 0 bridgehead atoms. The number of rotatable bonds is 6. The van der Waals surface area contributed by atoms with E-state index in [0.717, 1.165) is 17.4 Å². The maximum absolute atomic E-state index is 11.9. The first-order valence-electron chi connectivity index (χ1n) is 9.71. The van der Waals surface area contributed by atoms with Crippen LogP contribution in [0.1, 0.15) is 24.3 Å². The minimum absolute atomic E-state index is 0.243. The van der Waals surface area contributed by atoms with Gasteiger partial charge in [-0.1, -0.05) is 42.5 Å². The lowest BCUT2D eigenvalue weighted by Crippen LogP contribution is -2.36. The zero-order chi connectivity index (χ0) is 20.4. The summed E-state index contributed by atoms with van der Waals surface area (Å²) in [5, 5.41) is 2.37. The molecule has 0 aliphatic carbocycles. The zero-order valence-electron chi connectivity index (χ0n) is 16.9. The summed E-state index contributed by atoms with van der Waals surface area (Å²) in [7, 11) is 3.25. The van der Waals surface area contributed by atoms with Gasteiger partial charge in [0.2, 0.25) is 0 Å². The monoisotopic (exact) mass is 391 g/mol. The number of nitrogens with zero attached hydrogens (tertiary/aromatic N) is 1. The number of hydrogen-bond donors (Lipinski definition) is 0. The fourth-order valence-corrected chi connectivity index (χ4v) is 4.07. The van der Waals surface area contributed by atoms with Crippen molar-refractivity contribution in [2.45, 2.75) is 31.8 Å². The van der Waals surface area contributed by atoms with E-state index in [1.54, 1.807) is 14.2 Å². The topological polar surface area (TPSA) is 48.0 Å². The van der Waals surface area contributed by atoms with Crippen LogP contribution >= 0.6 is 0 Å². The molecule has 3 aromatic rings. The van der Waals surface area contributed by atoms with E-state index in [4.69, 9.17) is 14.2 Å². The van der Waals surface area contributed by atoms with Gasteiger partial charge in [0.05, 0.1) is 31.9 Å². The molecule has 5 nitrogen and oxygen atoms in total. The van der Waals surface area contributed by atoms with Crippen LogP contribution in [-0.4, -0.2) is 37.6 Å². The maximum Gasteiger partial charge on any atom is 0.145 e. The molecular formula is C24H25NO4. The third-order valence-corrected chi connectivity index (χ3v) is 5.54. The second-order valence-corrected chi connectivity index (χ2v) is 7.25. The van der Waals surface area contributed by atoms with E-state index in [1.807, 2.05) is 37.3 Å². The molecule has 0 saturated carbocycles. The lowest BCUT2D eigenvalue weighted by Gasteiger charge is -2.28. The molecule has 3 atom stereocenters. The van der Waals surface area contributed by atoms with E-state index in [1.165, 1.54) is 10.8 Å². The SMILES string of the molecule is COc1cccc(OC)c1C1OC(C)C(C=O)N1Cc1ccc2ccccc2c1. The standard InChI is InChI=1S/C24H25NO4/c1-16-20(15-26)25(14-17-11-12-18-7-4-5-8-19(18)13-17)24(29-16)23-21(27-2)9-6-10-22(23)28-3/h4-13,15-16,20,24H,14H2,1-3H3. The molecule has 0 aromatic heterocycles. The summed E-state index contributed by atoms with van der Waals surface area (Å²) in [4.78, 5) is 14.0. The number of carbonyl (C=O) groups excluding carboxylic acids is 1. The van der Waals surface area contributed by atoms with E-state index in [0.29, 0.717) is 18.0 Å². The Labute approximate surface area is 170 Å². The highest BCUT2D eigenvalue weighted by Crippen LogP contribution is 2.43. The van der Waals surface area contributed by atoms with Crippen LogP contribution in [0.15, 0.2) is 60.7 Å². The lowest BCUT2D eigenvalue weighted by atomic mass is 10.0. The Bertz CT molecular complexity index is 996. The average Bonchev–Trinajstić information content (AvgIpc) is 3.07. The molecule has 1 heterocycles. The van der Waals surface area contributed by atoms with Gasteiger partial charge in [0, 0.05) is 6.54 Å². The van der Waals surface area contributed by atoms with Crippen molar-refractivity contribution in [3.05, 3.63) is 71.8 Å². The van der Waals surface area contributed by atoms with Crippen molar-refractivity contribution in [1.82, 2.24) is 4.90 Å². The van der Waals surface area contributed by atoms with Crippen molar-refractivity contribution in [2.75, 3.05) is 14.2 Å². The fraction of sp³-hybridized carbons (Fsp3) is 0.292. The van der Waals surface area contributed by atoms with Crippen LogP contribution in [0.3, 0.4) is 0 Å². The minimum atomic E-state index is -0.447. The number of benzene rings is 3. The van der Waals surface area contributed by atoms with Gasteiger partial charge in [-0.15, -0.1) is 0 Å². The molecule has 1 aliphatic heterocycles. The van der Waals surface area contributed by atoms with Gasteiger partial charge < -0.3 is 19.0 Å². The minimum Gasteiger partial charge on any atom is -0.496 e. The Hall–Kier alpha value is -2.89. The Balaban J connectivity index is 1.75. The molecule has 1 saturated heterocycles. The molecule has 150 valence electrons. The maximum atomic E-state index is 11.9. The lowest BCUT2D eigenvalue weighted by molar-refractivity contribution is -0.112. The quantitative estimate of drug-likeness (QED) is 0.585. The summed E-state index contributed by atoms with van der Waals surface area (Å²) in [6.07, 6.45) is 0.276. The molecule has 29 heavy (non-hydrogen) atoms. The number of hydrogen-bond acceptors (Lipinski definition) is 5. The van der Waals surface area contributed by atoms with Gasteiger partial charge in [-0.05, 0) is 41.5 Å². The van der Waals surface area contributed by atoms with Crippen LogP contribution < -0.4 is 9.47 Å². The molecule has 1 fully saturated rings. The second-order valence-electron chi connectivity index (χ2n) is 7.25. The molecule has 4 rings (SSSR count). The molecule has 5 heteroatoms. The van der Waals surface area contributed by atoms with Gasteiger partial charge in [-0.2, -0.15) is 0 Å². The molecule has 3 aromatic carbocycles. The van der Waals surface area contributed by atoms with E-state index in [-0.39, 0.29) is 12.1 Å². The number of ether oxygens (including phenoxy) is 3. The summed E-state index contributed by atoms with van der Waals surface area (Å²) in [5.74, 6) is 1.35. The van der Waals surface area contributed by atoms with Gasteiger partial charge in [-0.3, -0.25) is 4.90 Å². The summed E-state index contributed by atoms with van der Waals surface area (Å²) in [6, 6.07) is 19.9. The van der Waals surface area contributed by atoms with Gasteiger partial charge in [0.15, 0.2) is 0 Å². The first-order chi connectivity index (χ1) is 14.2. The van der Waals surface area contributed by atoms with Crippen LogP contribution in [-0.2, 0) is 16.1 Å². The highest BCUT2D eigenvalue weighted by Gasteiger charge is 2.43. The highest BCUT2D eigenvalue weighted by atomic mass is 16.5. The largest absolute Gasteiger partial charge is 0.496 e. The summed E-state index contributed by atoms with van der Waals surface area (Å²) >= 11 is 0. The van der Waals surface area contributed by atoms with Gasteiger partial charge in [0.25, 0.3) is 0 Å². The van der Waals surface area contributed by atoms with Crippen molar-refractivity contribution in [3.63, 3.8) is 0 Å². The summed E-state index contributed by atoms with van der Waals surface area (Å²) in [6.45, 7) is 2.50. The predicted molar refractivity (Wildman–Crippen MR) is 112 cm³/mol.